The molecular weight excluding hydrogens is 508 g/mol. The second-order valence-electron chi connectivity index (χ2n) is 8.76. The molecular formula is C22H52O10Si3. The van der Waals surface area contributed by atoms with Crippen molar-refractivity contribution in [2.24, 2.45) is 0 Å². The molecule has 0 N–H and O–H groups in total. The van der Waals surface area contributed by atoms with E-state index in [2.05, 4.69) is 6.92 Å². The first-order valence-corrected chi connectivity index (χ1v) is 18.3. The van der Waals surface area contributed by atoms with E-state index in [-0.39, 0.29) is 5.60 Å². The Balaban J connectivity index is 5.15. The Morgan fingerprint density at radius 1 is 0.486 bits per heavy atom. The molecule has 13 heteroatoms. The summed E-state index contributed by atoms with van der Waals surface area (Å²) in [6.07, 6.45) is 4.28. The van der Waals surface area contributed by atoms with Crippen LogP contribution >= 0.6 is 0 Å². The van der Waals surface area contributed by atoms with Crippen LogP contribution < -0.4 is 0 Å². The van der Waals surface area contributed by atoms with Gasteiger partial charge in [0.1, 0.15) is 0 Å². The summed E-state index contributed by atoms with van der Waals surface area (Å²) in [6.45, 7) is 3.41. The van der Waals surface area contributed by atoms with Crippen LogP contribution in [-0.2, 0) is 44.9 Å². The summed E-state index contributed by atoms with van der Waals surface area (Å²) in [6, 6.07) is 3.09. The molecule has 0 aliphatic carbocycles. The summed E-state index contributed by atoms with van der Waals surface area (Å²) in [5.41, 5.74) is -0.332. The van der Waals surface area contributed by atoms with Crippen molar-refractivity contribution in [2.75, 3.05) is 77.2 Å². The monoisotopic (exact) mass is 560 g/mol. The predicted octanol–water partition coefficient (Wildman–Crippen LogP) is 3.85. The third kappa shape index (κ3) is 12.1. The van der Waals surface area contributed by atoms with Gasteiger partial charge < -0.3 is 44.9 Å². The van der Waals surface area contributed by atoms with Gasteiger partial charge in [-0.05, 0) is 45.1 Å². The quantitative estimate of drug-likeness (QED) is 0.128. The van der Waals surface area contributed by atoms with E-state index in [0.717, 1.165) is 56.3 Å². The lowest BCUT2D eigenvalue weighted by atomic mass is 9.94. The number of hydrogen-bond donors (Lipinski definition) is 0. The summed E-state index contributed by atoms with van der Waals surface area (Å²) in [5.74, 6) is 0. The Morgan fingerprint density at radius 3 is 1.26 bits per heavy atom. The van der Waals surface area contributed by atoms with E-state index in [0.29, 0.717) is 13.2 Å². The second-order valence-corrected chi connectivity index (χ2v) is 18.6. The van der Waals surface area contributed by atoms with Gasteiger partial charge in [0.15, 0.2) is 0 Å². The lowest BCUT2D eigenvalue weighted by Crippen LogP contribution is -2.44. The van der Waals surface area contributed by atoms with Gasteiger partial charge in [-0.25, -0.2) is 0 Å². The fourth-order valence-corrected chi connectivity index (χ4v) is 10.1. The molecule has 10 nitrogen and oxygen atoms in total. The van der Waals surface area contributed by atoms with Crippen LogP contribution in [0.2, 0.25) is 24.2 Å². The van der Waals surface area contributed by atoms with Crippen molar-refractivity contribution in [1.29, 1.82) is 0 Å². The highest BCUT2D eigenvalue weighted by Gasteiger charge is 2.40. The fourth-order valence-electron chi connectivity index (χ4n) is 4.27. The van der Waals surface area contributed by atoms with Gasteiger partial charge in [-0.2, -0.15) is 0 Å². The molecule has 0 radical (unpaired) electrons. The lowest BCUT2D eigenvalue weighted by molar-refractivity contribution is -0.0460. The first kappa shape index (κ1) is 35.3. The lowest BCUT2D eigenvalue weighted by Gasteiger charge is -2.33. The van der Waals surface area contributed by atoms with Gasteiger partial charge in [0.25, 0.3) is 0 Å². The smallest absolute Gasteiger partial charge is 0.398 e. The first-order chi connectivity index (χ1) is 16.7. The van der Waals surface area contributed by atoms with Crippen molar-refractivity contribution in [1.82, 2.24) is 0 Å². The Labute approximate surface area is 217 Å². The van der Waals surface area contributed by atoms with Crippen molar-refractivity contribution in [3.05, 3.63) is 0 Å². The van der Waals surface area contributed by atoms with Crippen LogP contribution in [0.1, 0.15) is 39.0 Å². The molecule has 0 aromatic carbocycles. The molecule has 0 saturated heterocycles. The molecule has 0 rings (SSSR count). The van der Waals surface area contributed by atoms with Crippen LogP contribution in [0.5, 0.6) is 0 Å². The van der Waals surface area contributed by atoms with Gasteiger partial charge in [-0.1, -0.05) is 0 Å². The molecule has 212 valence electrons. The number of hydrogen-bond acceptors (Lipinski definition) is 10. The van der Waals surface area contributed by atoms with Gasteiger partial charge >= 0.3 is 26.2 Å². The number of ether oxygens (including phenoxy) is 2. The summed E-state index contributed by atoms with van der Waals surface area (Å²) in [4.78, 5) is 0. The summed E-state index contributed by atoms with van der Waals surface area (Å²) >= 11 is 0. The summed E-state index contributed by atoms with van der Waals surface area (Å²) in [5, 5.41) is 0. The molecule has 0 atom stereocenters. The molecule has 0 aliphatic rings. The van der Waals surface area contributed by atoms with E-state index >= 15 is 0 Å². The van der Waals surface area contributed by atoms with Crippen LogP contribution in [-0.4, -0.2) is 109 Å². The zero-order valence-corrected chi connectivity index (χ0v) is 26.9. The van der Waals surface area contributed by atoms with Crippen LogP contribution in [0, 0.1) is 0 Å². The third-order valence-electron chi connectivity index (χ3n) is 6.83. The van der Waals surface area contributed by atoms with E-state index in [1.165, 1.54) is 0 Å². The molecule has 0 fully saturated rings. The highest BCUT2D eigenvalue weighted by Crippen LogP contribution is 2.31. The maximum absolute atomic E-state index is 6.52. The average molecular weight is 561 g/mol. The molecule has 0 saturated carbocycles. The standard InChI is InChI=1S/C22H52O10Si3/c1-22(14-11-19-34(26-5,27-6)28-7,15-12-20-35(29-8,30-9)31-10)32-16-13-18-33(24-3,25-4)21-17-23-2/h11-21H2,1-10H3. The Hall–Kier alpha value is 0.251. The van der Waals surface area contributed by atoms with Gasteiger partial charge in [-0.15, -0.1) is 0 Å². The highest BCUT2D eigenvalue weighted by molar-refractivity contribution is 6.67. The summed E-state index contributed by atoms with van der Waals surface area (Å²) < 4.78 is 56.9. The van der Waals surface area contributed by atoms with E-state index in [1.807, 2.05) is 0 Å². The van der Waals surface area contributed by atoms with Crippen molar-refractivity contribution in [3.63, 3.8) is 0 Å². The molecule has 0 bridgehead atoms. The maximum atomic E-state index is 6.52. The molecule has 0 amide bonds. The molecule has 0 aromatic rings. The van der Waals surface area contributed by atoms with E-state index < -0.39 is 26.2 Å². The van der Waals surface area contributed by atoms with Crippen molar-refractivity contribution in [2.45, 2.75) is 68.8 Å². The average Bonchev–Trinajstić information content (AvgIpc) is 2.90. The van der Waals surface area contributed by atoms with Crippen LogP contribution in [0.15, 0.2) is 0 Å². The minimum absolute atomic E-state index is 0.332. The predicted molar refractivity (Wildman–Crippen MR) is 142 cm³/mol. The number of rotatable bonds is 24. The van der Waals surface area contributed by atoms with E-state index in [4.69, 9.17) is 44.9 Å². The zero-order valence-electron chi connectivity index (χ0n) is 23.9. The molecule has 0 unspecified atom stereocenters. The van der Waals surface area contributed by atoms with Gasteiger partial charge in [-0.3, -0.25) is 0 Å². The van der Waals surface area contributed by atoms with Gasteiger partial charge in [0.2, 0.25) is 0 Å². The second kappa shape index (κ2) is 18.5. The zero-order chi connectivity index (χ0) is 26.8. The third-order valence-corrected chi connectivity index (χ3v) is 16.1. The SMILES string of the molecule is COCC[Si](CCCOC(C)(CCC[Si](OC)(OC)OC)CCC[Si](OC)(OC)OC)(OC)OC. The Bertz CT molecular complexity index is 475. The molecule has 0 spiro atoms. The van der Waals surface area contributed by atoms with Crippen molar-refractivity contribution in [3.8, 4) is 0 Å². The Morgan fingerprint density at radius 2 is 0.914 bits per heavy atom. The maximum Gasteiger partial charge on any atom is 0.500 e. The van der Waals surface area contributed by atoms with Crippen molar-refractivity contribution >= 4 is 26.2 Å². The topological polar surface area (TPSA) is 92.3 Å². The van der Waals surface area contributed by atoms with Gasteiger partial charge in [0.05, 0.1) is 5.60 Å². The minimum atomic E-state index is -2.63. The van der Waals surface area contributed by atoms with E-state index in [1.54, 1.807) is 64.0 Å². The molecule has 0 aliphatic heterocycles. The first-order valence-electron chi connectivity index (χ1n) is 12.2. The normalized spacial score (nSPS) is 13.5. The molecule has 0 aromatic heterocycles. The van der Waals surface area contributed by atoms with Crippen LogP contribution in [0.3, 0.4) is 0 Å². The Kier molecular flexibility index (Phi) is 18.6. The van der Waals surface area contributed by atoms with Gasteiger partial charge in [0, 0.05) is 95.3 Å². The molecule has 35 heavy (non-hydrogen) atoms. The number of methoxy groups -OCH3 is 1. The largest absolute Gasteiger partial charge is 0.500 e. The fraction of sp³-hybridized carbons (Fsp3) is 1.00. The van der Waals surface area contributed by atoms with Crippen molar-refractivity contribution < 1.29 is 44.9 Å². The summed E-state index contributed by atoms with van der Waals surface area (Å²) in [7, 11) is 7.47. The van der Waals surface area contributed by atoms with E-state index in [9.17, 15) is 0 Å². The minimum Gasteiger partial charge on any atom is -0.398 e. The molecule has 0 heterocycles. The van der Waals surface area contributed by atoms with Crippen LogP contribution in [0.4, 0.5) is 0 Å². The highest BCUT2D eigenvalue weighted by atomic mass is 28.4. The van der Waals surface area contributed by atoms with Crippen LogP contribution in [0.25, 0.3) is 0 Å².